The van der Waals surface area contributed by atoms with Crippen LogP contribution in [-0.2, 0) is 24.6 Å². The summed E-state index contributed by atoms with van der Waals surface area (Å²) >= 11 is 0. The molecule has 5 heterocycles. The molecule has 348 valence electrons. The molecule has 8 rings (SSSR count). The van der Waals surface area contributed by atoms with Crippen molar-refractivity contribution in [3.63, 3.8) is 0 Å². The number of pyridine rings is 1. The SMILES string of the molecule is CCN(C)S(=O)(=O)Nc1ccc(F)c(C(=O)c2c[nH]c3ncc(-c4ccc(N5CCN(C(=O)CC6(O)CCN(c7ccc(NC8CCC(=O)NC8=O)cc7F)CC6)CC5)cc4C)cc23)c1F. The second-order valence-corrected chi connectivity index (χ2v) is 18.8. The number of hydrogen-bond acceptors (Lipinski definition) is 11. The molecule has 66 heavy (non-hydrogen) atoms. The van der Waals surface area contributed by atoms with E-state index >= 15 is 13.2 Å². The number of carbonyl (C=O) groups is 4. The van der Waals surface area contributed by atoms with Gasteiger partial charge in [-0.2, -0.15) is 12.7 Å². The van der Waals surface area contributed by atoms with E-state index in [4.69, 9.17) is 0 Å². The predicted octanol–water partition coefficient (Wildman–Crippen LogP) is 5.08. The van der Waals surface area contributed by atoms with Crippen molar-refractivity contribution in [2.75, 3.05) is 72.7 Å². The van der Waals surface area contributed by atoms with Gasteiger partial charge in [-0.3, -0.25) is 29.2 Å². The highest BCUT2D eigenvalue weighted by Gasteiger charge is 2.37. The Morgan fingerprint density at radius 1 is 0.955 bits per heavy atom. The van der Waals surface area contributed by atoms with Gasteiger partial charge in [0.1, 0.15) is 23.3 Å². The van der Waals surface area contributed by atoms with E-state index < -0.39 is 62.2 Å². The molecular weight excluding hydrogens is 880 g/mol. The fraction of sp³-hybridized carbons (Fsp3) is 0.370. The number of piperidine rings is 2. The molecule has 0 radical (unpaired) electrons. The van der Waals surface area contributed by atoms with Crippen LogP contribution in [0.15, 0.2) is 67.0 Å². The molecule has 3 fully saturated rings. The molecule has 20 heteroatoms. The number of anilines is 4. The van der Waals surface area contributed by atoms with Crippen molar-refractivity contribution in [1.82, 2.24) is 24.5 Å². The summed E-state index contributed by atoms with van der Waals surface area (Å²) < 4.78 is 74.2. The maximum Gasteiger partial charge on any atom is 0.301 e. The third-order valence-corrected chi connectivity index (χ3v) is 14.3. The topological polar surface area (TPSA) is 200 Å². The summed E-state index contributed by atoms with van der Waals surface area (Å²) in [6.45, 7) is 6.30. The van der Waals surface area contributed by atoms with Gasteiger partial charge in [0.05, 0.1) is 29.0 Å². The number of aliphatic hydroxyl groups is 1. The molecule has 1 unspecified atom stereocenters. The number of hydrogen-bond donors (Lipinski definition) is 5. The minimum atomic E-state index is -4.16. The van der Waals surface area contributed by atoms with E-state index in [9.17, 15) is 32.7 Å². The zero-order valence-electron chi connectivity index (χ0n) is 36.6. The first-order valence-corrected chi connectivity index (χ1v) is 23.1. The lowest BCUT2D eigenvalue weighted by atomic mass is 9.87. The maximum absolute atomic E-state index is 15.7. The van der Waals surface area contributed by atoms with Crippen molar-refractivity contribution < 1.29 is 45.9 Å². The molecule has 5 aromatic rings. The Labute approximate surface area is 379 Å². The standard InChI is InChI=1S/C46H50F3N9O7S/c1-4-55(3)66(64,65)54-36-9-8-34(47)41(42(36)49)43(61)33-26-51-44-32(33)22-28(25-50-44)31-7-6-30(21-27(31)2)56-17-19-58(20-18-56)40(60)24-46(63)13-15-57(16-14-46)38-11-5-29(23-35(38)48)52-37-10-12-39(59)53-45(37)62/h5-9,11,21-23,25-26,37,52,54,63H,4,10,12-20,24H2,1-3H3,(H,50,51)(H,53,59,62). The zero-order valence-corrected chi connectivity index (χ0v) is 37.4. The summed E-state index contributed by atoms with van der Waals surface area (Å²) in [6, 6.07) is 13.3. The molecule has 3 amide bonds. The highest BCUT2D eigenvalue weighted by molar-refractivity contribution is 7.90. The normalized spacial score (nSPS) is 17.9. The molecule has 0 spiro atoms. The number of H-pyrrole nitrogens is 1. The molecule has 0 bridgehead atoms. The van der Waals surface area contributed by atoms with Gasteiger partial charge in [-0.1, -0.05) is 13.0 Å². The lowest BCUT2D eigenvalue weighted by Crippen LogP contribution is -2.52. The number of aromatic amines is 1. The number of ketones is 1. The van der Waals surface area contributed by atoms with Crippen molar-refractivity contribution in [1.29, 1.82) is 0 Å². The average molecular weight is 930 g/mol. The number of amides is 3. The minimum absolute atomic E-state index is 0.0482. The van der Waals surface area contributed by atoms with Gasteiger partial charge in [-0.25, -0.2) is 18.2 Å². The first kappa shape index (κ1) is 46.0. The van der Waals surface area contributed by atoms with E-state index in [-0.39, 0.29) is 49.6 Å². The lowest BCUT2D eigenvalue weighted by Gasteiger charge is -2.41. The third-order valence-electron chi connectivity index (χ3n) is 12.7. The first-order chi connectivity index (χ1) is 31.4. The van der Waals surface area contributed by atoms with E-state index in [1.807, 2.05) is 30.0 Å². The summed E-state index contributed by atoms with van der Waals surface area (Å²) in [5.41, 5.74) is 1.57. The Hall–Kier alpha value is -6.51. The molecule has 3 aliphatic rings. The average Bonchev–Trinajstić information content (AvgIpc) is 3.72. The Morgan fingerprint density at radius 2 is 1.70 bits per heavy atom. The summed E-state index contributed by atoms with van der Waals surface area (Å²) in [7, 11) is -2.87. The van der Waals surface area contributed by atoms with Gasteiger partial charge in [0.2, 0.25) is 23.5 Å². The third kappa shape index (κ3) is 9.43. The Morgan fingerprint density at radius 3 is 2.38 bits per heavy atom. The van der Waals surface area contributed by atoms with Gasteiger partial charge in [0.15, 0.2) is 5.82 Å². The van der Waals surface area contributed by atoms with Crippen molar-refractivity contribution >= 4 is 67.5 Å². The number of benzene rings is 3. The molecule has 0 aliphatic carbocycles. The van der Waals surface area contributed by atoms with Gasteiger partial charge < -0.3 is 30.1 Å². The van der Waals surface area contributed by atoms with Crippen LogP contribution >= 0.6 is 0 Å². The van der Waals surface area contributed by atoms with E-state index in [2.05, 4.69) is 30.2 Å². The van der Waals surface area contributed by atoms with Crippen molar-refractivity contribution in [2.24, 2.45) is 0 Å². The van der Waals surface area contributed by atoms with Gasteiger partial charge in [-0.05, 0) is 85.8 Å². The fourth-order valence-electron chi connectivity index (χ4n) is 8.70. The van der Waals surface area contributed by atoms with Crippen molar-refractivity contribution in [2.45, 2.75) is 57.6 Å². The minimum Gasteiger partial charge on any atom is -0.389 e. The second kappa shape index (κ2) is 18.4. The Kier molecular flexibility index (Phi) is 12.8. The fourth-order valence-corrected chi connectivity index (χ4v) is 9.63. The van der Waals surface area contributed by atoms with Crippen LogP contribution in [0.4, 0.5) is 35.9 Å². The molecular formula is C46H50F3N9O7S. The highest BCUT2D eigenvalue weighted by Crippen LogP contribution is 2.35. The summed E-state index contributed by atoms with van der Waals surface area (Å²) in [6.07, 6.45) is 3.96. The largest absolute Gasteiger partial charge is 0.389 e. The molecule has 0 saturated carbocycles. The number of fused-ring (bicyclic) bond motifs is 1. The zero-order chi connectivity index (χ0) is 47.1. The van der Waals surface area contributed by atoms with Gasteiger partial charge in [0.25, 0.3) is 0 Å². The van der Waals surface area contributed by atoms with Crippen LogP contribution in [0.1, 0.15) is 60.5 Å². The van der Waals surface area contributed by atoms with E-state index in [0.717, 1.165) is 33.3 Å². The van der Waals surface area contributed by atoms with Gasteiger partial charge in [0, 0.05) is 99.6 Å². The molecule has 3 aromatic carbocycles. The van der Waals surface area contributed by atoms with E-state index in [1.165, 1.54) is 19.3 Å². The molecule has 3 aliphatic heterocycles. The van der Waals surface area contributed by atoms with Crippen LogP contribution in [-0.4, -0.2) is 121 Å². The van der Waals surface area contributed by atoms with Crippen LogP contribution in [0, 0.1) is 24.4 Å². The van der Waals surface area contributed by atoms with Crippen molar-refractivity contribution in [3.8, 4) is 11.1 Å². The number of rotatable bonds is 13. The predicted molar refractivity (Wildman–Crippen MR) is 243 cm³/mol. The number of nitrogens with one attached hydrogen (secondary N) is 4. The highest BCUT2D eigenvalue weighted by atomic mass is 32.2. The number of aromatic nitrogens is 2. The number of halogens is 3. The number of nitrogens with zero attached hydrogens (tertiary/aromatic N) is 5. The van der Waals surface area contributed by atoms with Crippen LogP contribution in [0.3, 0.4) is 0 Å². The molecule has 2 aromatic heterocycles. The van der Waals surface area contributed by atoms with Gasteiger partial charge in [-0.15, -0.1) is 0 Å². The monoisotopic (exact) mass is 929 g/mol. The quantitative estimate of drug-likeness (QED) is 0.0779. The number of carbonyl (C=O) groups excluding carboxylic acids is 4. The number of piperazine rings is 1. The summed E-state index contributed by atoms with van der Waals surface area (Å²) in [4.78, 5) is 63.9. The Balaban J connectivity index is 0.867. The Bertz CT molecular complexity index is 2840. The molecule has 16 nitrogen and oxygen atoms in total. The van der Waals surface area contributed by atoms with Crippen LogP contribution in [0.25, 0.3) is 22.2 Å². The first-order valence-electron chi connectivity index (χ1n) is 21.7. The summed E-state index contributed by atoms with van der Waals surface area (Å²) in [5.74, 6) is -4.92. The van der Waals surface area contributed by atoms with Crippen LogP contribution in [0.5, 0.6) is 0 Å². The number of aryl methyl sites for hydroxylation is 1. The molecule has 1 atom stereocenters. The number of imide groups is 1. The molecule has 5 N–H and O–H groups in total. The van der Waals surface area contributed by atoms with Crippen LogP contribution < -0.4 is 25.2 Å². The van der Waals surface area contributed by atoms with E-state index in [1.54, 1.807) is 36.2 Å². The smallest absolute Gasteiger partial charge is 0.301 e. The lowest BCUT2D eigenvalue weighted by molar-refractivity contribution is -0.138. The van der Waals surface area contributed by atoms with Crippen LogP contribution in [0.2, 0.25) is 0 Å². The second-order valence-electron chi connectivity index (χ2n) is 17.0. The summed E-state index contributed by atoms with van der Waals surface area (Å²) in [5, 5.41) is 17.0. The molecule has 3 saturated heterocycles. The maximum atomic E-state index is 15.7. The van der Waals surface area contributed by atoms with Crippen molar-refractivity contribution in [3.05, 3.63) is 101 Å². The van der Waals surface area contributed by atoms with Gasteiger partial charge >= 0.3 is 10.2 Å². The van der Waals surface area contributed by atoms with E-state index in [0.29, 0.717) is 73.7 Å².